The van der Waals surface area contributed by atoms with Crippen LogP contribution < -0.4 is 0 Å². The first kappa shape index (κ1) is 16.7. The highest BCUT2D eigenvalue weighted by atomic mass is 32.2. The van der Waals surface area contributed by atoms with E-state index in [0.29, 0.717) is 12.3 Å². The second kappa shape index (κ2) is 7.15. The molecule has 0 unspecified atom stereocenters. The molecular formula is C18H20N4OS. The van der Waals surface area contributed by atoms with Gasteiger partial charge in [0.25, 0.3) is 0 Å². The molecule has 0 saturated carbocycles. The van der Waals surface area contributed by atoms with Gasteiger partial charge in [-0.1, -0.05) is 42.1 Å². The third-order valence-corrected chi connectivity index (χ3v) is 4.79. The molecule has 0 aliphatic carbocycles. The topological polar surface area (TPSA) is 63.8 Å². The number of hydrogen-bond acceptors (Lipinski definition) is 5. The van der Waals surface area contributed by atoms with Crippen LogP contribution in [0.15, 0.2) is 60.0 Å². The Labute approximate surface area is 145 Å². The molecule has 124 valence electrons. The van der Waals surface area contributed by atoms with Gasteiger partial charge in [0.05, 0.1) is 12.1 Å². The maximum absolute atomic E-state index is 10.00. The van der Waals surface area contributed by atoms with Gasteiger partial charge < -0.3 is 5.11 Å². The Hall–Kier alpha value is -2.18. The molecule has 1 N–H and O–H groups in total. The van der Waals surface area contributed by atoms with Gasteiger partial charge >= 0.3 is 0 Å². The highest BCUT2D eigenvalue weighted by Crippen LogP contribution is 2.26. The Bertz CT molecular complexity index is 782. The van der Waals surface area contributed by atoms with Gasteiger partial charge in [-0.05, 0) is 31.5 Å². The van der Waals surface area contributed by atoms with Crippen molar-refractivity contribution in [3.8, 4) is 11.4 Å². The van der Waals surface area contributed by atoms with Crippen LogP contribution in [0.5, 0.6) is 0 Å². The van der Waals surface area contributed by atoms with Gasteiger partial charge in [-0.15, -0.1) is 10.2 Å². The first-order valence-electron chi connectivity index (χ1n) is 7.76. The molecule has 3 rings (SSSR count). The fourth-order valence-electron chi connectivity index (χ4n) is 2.25. The zero-order valence-electron chi connectivity index (χ0n) is 13.8. The first-order valence-corrected chi connectivity index (χ1v) is 8.74. The molecule has 0 radical (unpaired) electrons. The van der Waals surface area contributed by atoms with E-state index >= 15 is 0 Å². The summed E-state index contributed by atoms with van der Waals surface area (Å²) in [6, 6.07) is 14.1. The average Bonchev–Trinajstić information content (AvgIpc) is 2.97. The monoisotopic (exact) mass is 340 g/mol. The molecular weight excluding hydrogens is 320 g/mol. The minimum atomic E-state index is -0.761. The summed E-state index contributed by atoms with van der Waals surface area (Å²) in [7, 11) is 0. The molecule has 0 fully saturated rings. The van der Waals surface area contributed by atoms with E-state index in [0.717, 1.165) is 16.5 Å². The standard InChI is InChI=1S/C18H20N4OS/c1-18(2,23)13-24-17-21-20-16(15-9-6-10-19-11-15)22(17)12-14-7-4-3-5-8-14/h3-11,23H,12-13H2,1-2H3. The van der Waals surface area contributed by atoms with Crippen molar-refractivity contribution < 1.29 is 5.11 Å². The van der Waals surface area contributed by atoms with Gasteiger partial charge in [-0.2, -0.15) is 0 Å². The van der Waals surface area contributed by atoms with Crippen molar-refractivity contribution in [2.45, 2.75) is 31.1 Å². The van der Waals surface area contributed by atoms with Gasteiger partial charge in [-0.25, -0.2) is 0 Å². The number of pyridine rings is 1. The van der Waals surface area contributed by atoms with Gasteiger partial charge in [0.15, 0.2) is 11.0 Å². The van der Waals surface area contributed by atoms with E-state index in [2.05, 4.69) is 31.9 Å². The van der Waals surface area contributed by atoms with Gasteiger partial charge in [0.1, 0.15) is 0 Å². The summed E-state index contributed by atoms with van der Waals surface area (Å²) in [5.41, 5.74) is 1.34. The number of benzene rings is 1. The van der Waals surface area contributed by atoms with E-state index in [1.54, 1.807) is 26.2 Å². The first-order chi connectivity index (χ1) is 11.5. The molecule has 0 aliphatic rings. The third kappa shape index (κ3) is 4.21. The molecule has 1 aromatic carbocycles. The maximum atomic E-state index is 10.00. The van der Waals surface area contributed by atoms with Gasteiger partial charge in [-0.3, -0.25) is 9.55 Å². The molecule has 5 nitrogen and oxygen atoms in total. The fraction of sp³-hybridized carbons (Fsp3) is 0.278. The summed E-state index contributed by atoms with van der Waals surface area (Å²) in [6.07, 6.45) is 3.53. The molecule has 2 heterocycles. The van der Waals surface area contributed by atoms with Crippen molar-refractivity contribution in [3.05, 3.63) is 60.4 Å². The lowest BCUT2D eigenvalue weighted by molar-refractivity contribution is 0.107. The Morgan fingerprint density at radius 2 is 1.88 bits per heavy atom. The number of aromatic nitrogens is 4. The van der Waals surface area contributed by atoms with Crippen molar-refractivity contribution in [2.75, 3.05) is 5.75 Å². The van der Waals surface area contributed by atoms with Crippen molar-refractivity contribution >= 4 is 11.8 Å². The van der Waals surface area contributed by atoms with Crippen LogP contribution >= 0.6 is 11.8 Å². The van der Waals surface area contributed by atoms with Crippen LogP contribution in [-0.2, 0) is 6.54 Å². The van der Waals surface area contributed by atoms with Crippen LogP contribution in [-0.4, -0.2) is 36.2 Å². The third-order valence-electron chi connectivity index (χ3n) is 3.37. The van der Waals surface area contributed by atoms with Crippen LogP contribution in [0, 0.1) is 0 Å². The predicted octanol–water partition coefficient (Wildman–Crippen LogP) is 3.25. The Kier molecular flexibility index (Phi) is 4.97. The number of thioether (sulfide) groups is 1. The van der Waals surface area contributed by atoms with Crippen LogP contribution in [0.1, 0.15) is 19.4 Å². The summed E-state index contributed by atoms with van der Waals surface area (Å²) < 4.78 is 2.07. The second-order valence-electron chi connectivity index (χ2n) is 6.22. The van der Waals surface area contributed by atoms with E-state index in [4.69, 9.17) is 0 Å². The summed E-state index contributed by atoms with van der Waals surface area (Å²) in [6.45, 7) is 4.26. The van der Waals surface area contributed by atoms with Gasteiger partial charge in [0, 0.05) is 23.7 Å². The number of aliphatic hydroxyl groups is 1. The average molecular weight is 340 g/mol. The zero-order chi connectivity index (χ0) is 17.0. The van der Waals surface area contributed by atoms with Gasteiger partial charge in [0.2, 0.25) is 0 Å². The molecule has 0 aliphatic heterocycles. The quantitative estimate of drug-likeness (QED) is 0.698. The fourth-order valence-corrected chi connectivity index (χ4v) is 3.14. The second-order valence-corrected chi connectivity index (χ2v) is 7.16. The van der Waals surface area contributed by atoms with E-state index in [9.17, 15) is 5.11 Å². The summed E-state index contributed by atoms with van der Waals surface area (Å²) >= 11 is 1.51. The van der Waals surface area contributed by atoms with Crippen molar-refractivity contribution in [1.29, 1.82) is 0 Å². The van der Waals surface area contributed by atoms with Crippen LogP contribution in [0.4, 0.5) is 0 Å². The van der Waals surface area contributed by atoms with Crippen LogP contribution in [0.2, 0.25) is 0 Å². The van der Waals surface area contributed by atoms with E-state index in [-0.39, 0.29) is 0 Å². The molecule has 0 amide bonds. The molecule has 0 saturated heterocycles. The van der Waals surface area contributed by atoms with Crippen LogP contribution in [0.25, 0.3) is 11.4 Å². The minimum Gasteiger partial charge on any atom is -0.390 e. The zero-order valence-corrected chi connectivity index (χ0v) is 14.6. The SMILES string of the molecule is CC(C)(O)CSc1nnc(-c2cccnc2)n1Cc1ccccc1. The molecule has 3 aromatic rings. The van der Waals surface area contributed by atoms with E-state index in [1.807, 2.05) is 30.3 Å². The lowest BCUT2D eigenvalue weighted by Crippen LogP contribution is -2.22. The van der Waals surface area contributed by atoms with E-state index in [1.165, 1.54) is 17.3 Å². The Balaban J connectivity index is 1.96. The normalized spacial score (nSPS) is 11.6. The van der Waals surface area contributed by atoms with Crippen molar-refractivity contribution in [2.24, 2.45) is 0 Å². The molecule has 0 bridgehead atoms. The molecule has 24 heavy (non-hydrogen) atoms. The minimum absolute atomic E-state index is 0.549. The maximum Gasteiger partial charge on any atom is 0.191 e. The predicted molar refractivity (Wildman–Crippen MR) is 95.8 cm³/mol. The number of rotatable bonds is 6. The highest BCUT2D eigenvalue weighted by molar-refractivity contribution is 7.99. The molecule has 0 atom stereocenters. The van der Waals surface area contributed by atoms with Crippen molar-refractivity contribution in [1.82, 2.24) is 19.7 Å². The largest absolute Gasteiger partial charge is 0.390 e. The number of hydrogen-bond donors (Lipinski definition) is 1. The van der Waals surface area contributed by atoms with E-state index < -0.39 is 5.60 Å². The Morgan fingerprint density at radius 1 is 1.08 bits per heavy atom. The Morgan fingerprint density at radius 3 is 2.54 bits per heavy atom. The summed E-state index contributed by atoms with van der Waals surface area (Å²) in [5.74, 6) is 1.33. The lowest BCUT2D eigenvalue weighted by Gasteiger charge is -2.16. The summed E-state index contributed by atoms with van der Waals surface area (Å²) in [4.78, 5) is 4.18. The van der Waals surface area contributed by atoms with Crippen molar-refractivity contribution in [3.63, 3.8) is 0 Å². The smallest absolute Gasteiger partial charge is 0.191 e. The highest BCUT2D eigenvalue weighted by Gasteiger charge is 2.19. The summed E-state index contributed by atoms with van der Waals surface area (Å²) in [5, 5.41) is 19.5. The molecule has 6 heteroatoms. The van der Waals surface area contributed by atoms with Crippen LogP contribution in [0.3, 0.4) is 0 Å². The lowest BCUT2D eigenvalue weighted by atomic mass is 10.2. The number of nitrogens with zero attached hydrogens (tertiary/aromatic N) is 4. The molecule has 0 spiro atoms. The molecule has 2 aromatic heterocycles.